The molecule has 1 heterocycles. The Morgan fingerprint density at radius 1 is 0.224 bits per heavy atom. The Morgan fingerprint density at radius 3 is 1.17 bits per heavy atom. The van der Waals surface area contributed by atoms with Gasteiger partial charge in [-0.3, -0.25) is 0 Å². The second-order valence-corrected chi connectivity index (χ2v) is 14.8. The lowest BCUT2D eigenvalue weighted by molar-refractivity contribution is 1.07. The summed E-state index contributed by atoms with van der Waals surface area (Å²) in [5, 5.41) is 10.0. The third kappa shape index (κ3) is 5.89. The van der Waals surface area contributed by atoms with E-state index in [1.165, 1.54) is 65.3 Å². The van der Waals surface area contributed by atoms with Gasteiger partial charge in [-0.05, 0) is 82.5 Å². The normalized spacial score (nSPS) is 11.4. The van der Waals surface area contributed by atoms with E-state index in [-0.39, 0.29) is 0 Å². The maximum Gasteiger partial charge on any atom is 0.164 e. The third-order valence-corrected chi connectivity index (χ3v) is 11.3. The van der Waals surface area contributed by atoms with Crippen LogP contribution >= 0.6 is 0 Å². The van der Waals surface area contributed by atoms with Gasteiger partial charge in [-0.2, -0.15) is 0 Å². The summed E-state index contributed by atoms with van der Waals surface area (Å²) in [6, 6.07) is 75.4. The van der Waals surface area contributed by atoms with Crippen molar-refractivity contribution in [2.24, 2.45) is 0 Å². The van der Waals surface area contributed by atoms with E-state index in [1.807, 2.05) is 36.4 Å². The lowest BCUT2D eigenvalue weighted by Crippen LogP contribution is -2.00. The fourth-order valence-corrected chi connectivity index (χ4v) is 8.48. The van der Waals surface area contributed by atoms with Gasteiger partial charge in [0.25, 0.3) is 0 Å². The second kappa shape index (κ2) is 14.1. The molecule has 3 heteroatoms. The summed E-state index contributed by atoms with van der Waals surface area (Å²) < 4.78 is 0. The van der Waals surface area contributed by atoms with E-state index in [0.29, 0.717) is 17.5 Å². The highest BCUT2D eigenvalue weighted by Crippen LogP contribution is 2.42. The van der Waals surface area contributed by atoms with E-state index in [0.717, 1.165) is 27.8 Å². The van der Waals surface area contributed by atoms with E-state index in [9.17, 15) is 0 Å². The first-order chi connectivity index (χ1) is 28.7. The minimum Gasteiger partial charge on any atom is -0.208 e. The molecule has 0 atom stereocenters. The molecule has 0 N–H and O–H groups in total. The van der Waals surface area contributed by atoms with Gasteiger partial charge in [0.05, 0.1) is 0 Å². The van der Waals surface area contributed by atoms with Crippen LogP contribution in [0.1, 0.15) is 0 Å². The van der Waals surface area contributed by atoms with Crippen LogP contribution in [0, 0.1) is 0 Å². The molecule has 3 nitrogen and oxygen atoms in total. The van der Waals surface area contributed by atoms with Gasteiger partial charge < -0.3 is 0 Å². The standard InChI is InChI=1S/C55H35N3/c1-3-13-36(14-4-1)37-23-27-41(28-24-37)54-56-53(40-16-5-2-6-17-40)57-55(58-54)42-29-25-39(26-30-42)52-44-18-8-7-15-38(44)31-33-45(52)43-32-34-50-48-21-10-9-19-46(48)47-20-11-12-22-49(47)51(50)35-43/h1-35H. The minimum absolute atomic E-state index is 0.634. The number of hydrogen-bond donors (Lipinski definition) is 0. The van der Waals surface area contributed by atoms with Gasteiger partial charge in [-0.1, -0.05) is 206 Å². The van der Waals surface area contributed by atoms with E-state index in [2.05, 4.69) is 176 Å². The molecule has 0 bridgehead atoms. The van der Waals surface area contributed by atoms with Crippen molar-refractivity contribution < 1.29 is 0 Å². The number of hydrogen-bond acceptors (Lipinski definition) is 3. The molecule has 0 saturated carbocycles. The van der Waals surface area contributed by atoms with E-state index >= 15 is 0 Å². The molecule has 0 aliphatic rings. The van der Waals surface area contributed by atoms with Crippen LogP contribution in [0.3, 0.4) is 0 Å². The summed E-state index contributed by atoms with van der Waals surface area (Å²) in [5.74, 6) is 1.92. The van der Waals surface area contributed by atoms with Crippen LogP contribution in [-0.2, 0) is 0 Å². The molecule has 0 aliphatic carbocycles. The van der Waals surface area contributed by atoms with Crippen molar-refractivity contribution >= 4 is 43.1 Å². The molecule has 11 aromatic rings. The van der Waals surface area contributed by atoms with Crippen molar-refractivity contribution in [2.75, 3.05) is 0 Å². The fraction of sp³-hybridized carbons (Fsp3) is 0. The summed E-state index contributed by atoms with van der Waals surface area (Å²) in [5.41, 5.74) is 9.85. The Morgan fingerprint density at radius 2 is 0.603 bits per heavy atom. The molecule has 0 fully saturated rings. The Balaban J connectivity index is 1.04. The zero-order valence-electron chi connectivity index (χ0n) is 31.5. The van der Waals surface area contributed by atoms with Crippen LogP contribution in [-0.4, -0.2) is 15.0 Å². The van der Waals surface area contributed by atoms with Crippen LogP contribution in [0.15, 0.2) is 212 Å². The number of rotatable bonds is 6. The van der Waals surface area contributed by atoms with E-state index in [4.69, 9.17) is 15.0 Å². The SMILES string of the molecule is c1ccc(-c2ccc(-c3nc(-c4ccccc4)nc(-c4ccc(-c5c(-c6ccc7c8ccccc8c8ccccc8c7c6)ccc6ccccc56)cc4)n3)cc2)cc1. The molecule has 0 saturated heterocycles. The fourth-order valence-electron chi connectivity index (χ4n) is 8.48. The monoisotopic (exact) mass is 737 g/mol. The van der Waals surface area contributed by atoms with Crippen molar-refractivity contribution in [1.29, 1.82) is 0 Å². The highest BCUT2D eigenvalue weighted by Gasteiger charge is 2.17. The molecule has 0 unspecified atom stereocenters. The molecule has 10 aromatic carbocycles. The van der Waals surface area contributed by atoms with E-state index < -0.39 is 0 Å². The molecule has 58 heavy (non-hydrogen) atoms. The Labute approximate surface area is 336 Å². The molecular weight excluding hydrogens is 703 g/mol. The second-order valence-electron chi connectivity index (χ2n) is 14.8. The van der Waals surface area contributed by atoms with Crippen molar-refractivity contribution in [2.45, 2.75) is 0 Å². The Hall–Kier alpha value is -7.75. The van der Waals surface area contributed by atoms with Gasteiger partial charge in [0.1, 0.15) is 0 Å². The van der Waals surface area contributed by atoms with Crippen molar-refractivity contribution in [3.05, 3.63) is 212 Å². The van der Waals surface area contributed by atoms with E-state index in [1.54, 1.807) is 0 Å². The van der Waals surface area contributed by atoms with Crippen molar-refractivity contribution in [3.8, 4) is 67.5 Å². The maximum absolute atomic E-state index is 5.07. The summed E-state index contributed by atoms with van der Waals surface area (Å²) >= 11 is 0. The summed E-state index contributed by atoms with van der Waals surface area (Å²) in [4.78, 5) is 15.1. The summed E-state index contributed by atoms with van der Waals surface area (Å²) in [6.45, 7) is 0. The van der Waals surface area contributed by atoms with Gasteiger partial charge in [0.2, 0.25) is 0 Å². The van der Waals surface area contributed by atoms with Crippen LogP contribution in [0.4, 0.5) is 0 Å². The number of benzene rings is 10. The van der Waals surface area contributed by atoms with Crippen LogP contribution in [0.5, 0.6) is 0 Å². The van der Waals surface area contributed by atoms with Gasteiger partial charge in [-0.15, -0.1) is 0 Å². The zero-order chi connectivity index (χ0) is 38.4. The van der Waals surface area contributed by atoms with Gasteiger partial charge in [-0.25, -0.2) is 15.0 Å². The number of fused-ring (bicyclic) bond motifs is 7. The minimum atomic E-state index is 0.634. The first-order valence-corrected chi connectivity index (χ1v) is 19.7. The summed E-state index contributed by atoms with van der Waals surface area (Å²) in [6.07, 6.45) is 0. The quantitative estimate of drug-likeness (QED) is 0.160. The molecule has 0 radical (unpaired) electrons. The Kier molecular flexibility index (Phi) is 8.15. The van der Waals surface area contributed by atoms with Gasteiger partial charge in [0, 0.05) is 16.7 Å². The summed E-state index contributed by atoms with van der Waals surface area (Å²) in [7, 11) is 0. The van der Waals surface area contributed by atoms with Crippen LogP contribution < -0.4 is 0 Å². The number of nitrogens with zero attached hydrogens (tertiary/aromatic N) is 3. The largest absolute Gasteiger partial charge is 0.208 e. The molecule has 0 amide bonds. The third-order valence-electron chi connectivity index (χ3n) is 11.3. The smallest absolute Gasteiger partial charge is 0.164 e. The molecular formula is C55H35N3. The predicted octanol–water partition coefficient (Wildman–Crippen LogP) is 14.5. The Bertz CT molecular complexity index is 3270. The average Bonchev–Trinajstić information content (AvgIpc) is 3.31. The predicted molar refractivity (Wildman–Crippen MR) is 242 cm³/mol. The maximum atomic E-state index is 5.07. The molecule has 1 aromatic heterocycles. The van der Waals surface area contributed by atoms with Gasteiger partial charge >= 0.3 is 0 Å². The topological polar surface area (TPSA) is 38.7 Å². The molecule has 0 spiro atoms. The first kappa shape index (κ1) is 33.6. The zero-order valence-corrected chi connectivity index (χ0v) is 31.5. The molecule has 11 rings (SSSR count). The highest BCUT2D eigenvalue weighted by atomic mass is 15.0. The highest BCUT2D eigenvalue weighted by molar-refractivity contribution is 6.26. The lowest BCUT2D eigenvalue weighted by Gasteiger charge is -2.16. The van der Waals surface area contributed by atoms with Crippen LogP contribution in [0.25, 0.3) is 111 Å². The molecule has 0 aliphatic heterocycles. The van der Waals surface area contributed by atoms with Gasteiger partial charge in [0.15, 0.2) is 17.5 Å². The van der Waals surface area contributed by atoms with Crippen molar-refractivity contribution in [1.82, 2.24) is 15.0 Å². The average molecular weight is 738 g/mol. The number of aromatic nitrogens is 3. The van der Waals surface area contributed by atoms with Crippen molar-refractivity contribution in [3.63, 3.8) is 0 Å². The lowest BCUT2D eigenvalue weighted by atomic mass is 9.87. The van der Waals surface area contributed by atoms with Crippen LogP contribution in [0.2, 0.25) is 0 Å². The first-order valence-electron chi connectivity index (χ1n) is 19.7. The molecule has 270 valence electrons.